The number of aromatic nitrogens is 1. The van der Waals surface area contributed by atoms with Crippen molar-refractivity contribution < 1.29 is 9.53 Å². The maximum Gasteiger partial charge on any atom is 0.253 e. The summed E-state index contributed by atoms with van der Waals surface area (Å²) in [5.41, 5.74) is 3.98. The molecule has 2 aliphatic carbocycles. The number of rotatable bonds is 6. The summed E-state index contributed by atoms with van der Waals surface area (Å²) in [5, 5.41) is 3.32. The molecular formula is C28H41BrN2O2. The zero-order chi connectivity index (χ0) is 23.8. The average molecular weight is 518 g/mol. The van der Waals surface area contributed by atoms with Crippen LogP contribution in [-0.2, 0) is 6.54 Å². The predicted molar refractivity (Wildman–Crippen MR) is 141 cm³/mol. The van der Waals surface area contributed by atoms with E-state index < -0.39 is 0 Å². The lowest BCUT2D eigenvalue weighted by atomic mass is 9.89. The van der Waals surface area contributed by atoms with Gasteiger partial charge < -0.3 is 14.6 Å². The molecular weight excluding hydrogens is 476 g/mol. The SMILES string of the molecule is CC.COc1ccc(Br)cc1-c1cc(C(=O)NC2CCCCC2)c(C)n1CC1CCCCC1. The Morgan fingerprint density at radius 2 is 1.67 bits per heavy atom. The van der Waals surface area contributed by atoms with Crippen molar-refractivity contribution in [3.05, 3.63) is 40.0 Å². The Kier molecular flexibility index (Phi) is 9.91. The third kappa shape index (κ3) is 6.44. The summed E-state index contributed by atoms with van der Waals surface area (Å²) < 4.78 is 9.08. The molecule has 0 saturated heterocycles. The quantitative estimate of drug-likeness (QED) is 0.423. The van der Waals surface area contributed by atoms with E-state index in [-0.39, 0.29) is 5.91 Å². The van der Waals surface area contributed by atoms with Gasteiger partial charge in [-0.3, -0.25) is 4.79 Å². The van der Waals surface area contributed by atoms with E-state index in [0.717, 1.165) is 52.1 Å². The highest BCUT2D eigenvalue weighted by Crippen LogP contribution is 2.37. The van der Waals surface area contributed by atoms with Crippen molar-refractivity contribution in [2.24, 2.45) is 5.92 Å². The highest BCUT2D eigenvalue weighted by atomic mass is 79.9. The normalized spacial score (nSPS) is 17.2. The number of hydrogen-bond donors (Lipinski definition) is 1. The molecule has 0 bridgehead atoms. The van der Waals surface area contributed by atoms with Crippen LogP contribution in [0.4, 0.5) is 0 Å². The number of amides is 1. The van der Waals surface area contributed by atoms with Crippen molar-refractivity contribution in [3.63, 3.8) is 0 Å². The van der Waals surface area contributed by atoms with Crippen LogP contribution in [0.5, 0.6) is 5.75 Å². The standard InChI is InChI=1S/C26H35BrN2O2.C2H6/c1-18-22(26(30)28-21-11-7-4-8-12-21)16-24(23-15-20(27)13-14-25(23)31-2)29(18)17-19-9-5-3-6-10-19;1-2/h13-16,19,21H,3-12,17H2,1-2H3,(H,28,30);1-2H3. The van der Waals surface area contributed by atoms with Gasteiger partial charge in [-0.15, -0.1) is 0 Å². The first kappa shape index (κ1) is 25.9. The Morgan fingerprint density at radius 1 is 1.03 bits per heavy atom. The molecule has 1 heterocycles. The molecule has 2 saturated carbocycles. The summed E-state index contributed by atoms with van der Waals surface area (Å²) in [7, 11) is 1.71. The van der Waals surface area contributed by atoms with Gasteiger partial charge in [0.2, 0.25) is 0 Å². The molecule has 0 spiro atoms. The third-order valence-corrected chi connectivity index (χ3v) is 7.65. The Labute approximate surface area is 208 Å². The molecule has 0 aliphatic heterocycles. The number of nitrogens with one attached hydrogen (secondary N) is 1. The Bertz CT molecular complexity index is 909. The number of benzene rings is 1. The fraction of sp³-hybridized carbons (Fsp3) is 0.607. The van der Waals surface area contributed by atoms with Crippen LogP contribution in [0.25, 0.3) is 11.3 Å². The van der Waals surface area contributed by atoms with Crippen molar-refractivity contribution in [1.29, 1.82) is 0 Å². The molecule has 1 amide bonds. The van der Waals surface area contributed by atoms with Gasteiger partial charge in [-0.2, -0.15) is 0 Å². The molecule has 33 heavy (non-hydrogen) atoms. The van der Waals surface area contributed by atoms with Gasteiger partial charge in [-0.1, -0.05) is 68.3 Å². The highest BCUT2D eigenvalue weighted by molar-refractivity contribution is 9.10. The molecule has 1 aromatic heterocycles. The summed E-state index contributed by atoms with van der Waals surface area (Å²) in [6.07, 6.45) is 12.4. The molecule has 1 N–H and O–H groups in total. The van der Waals surface area contributed by atoms with Crippen LogP contribution in [0, 0.1) is 12.8 Å². The fourth-order valence-corrected chi connectivity index (χ4v) is 5.71. The second-order valence-corrected chi connectivity index (χ2v) is 10.2. The molecule has 182 valence electrons. The van der Waals surface area contributed by atoms with Crippen molar-refractivity contribution in [2.45, 2.75) is 97.6 Å². The zero-order valence-electron chi connectivity index (χ0n) is 20.9. The minimum absolute atomic E-state index is 0.0713. The summed E-state index contributed by atoms with van der Waals surface area (Å²) >= 11 is 3.62. The summed E-state index contributed by atoms with van der Waals surface area (Å²) in [5.74, 6) is 1.58. The smallest absolute Gasteiger partial charge is 0.253 e. The van der Waals surface area contributed by atoms with E-state index in [1.54, 1.807) is 7.11 Å². The average Bonchev–Trinajstić information content (AvgIpc) is 3.17. The number of halogens is 1. The van der Waals surface area contributed by atoms with Crippen LogP contribution >= 0.6 is 15.9 Å². The monoisotopic (exact) mass is 516 g/mol. The molecule has 4 rings (SSSR count). The molecule has 1 aromatic carbocycles. The second-order valence-electron chi connectivity index (χ2n) is 9.30. The van der Waals surface area contributed by atoms with E-state index in [1.807, 2.05) is 26.0 Å². The minimum atomic E-state index is 0.0713. The lowest BCUT2D eigenvalue weighted by molar-refractivity contribution is 0.0927. The number of nitrogens with zero attached hydrogens (tertiary/aromatic N) is 1. The van der Waals surface area contributed by atoms with Gasteiger partial charge in [0.25, 0.3) is 5.91 Å². The first-order chi connectivity index (χ1) is 16.1. The van der Waals surface area contributed by atoms with Crippen molar-refractivity contribution >= 4 is 21.8 Å². The second kappa shape index (κ2) is 12.6. The topological polar surface area (TPSA) is 43.3 Å². The number of carbonyl (C=O) groups is 1. The van der Waals surface area contributed by atoms with Crippen LogP contribution in [0.3, 0.4) is 0 Å². The highest BCUT2D eigenvalue weighted by Gasteiger charge is 2.25. The molecule has 2 aromatic rings. The zero-order valence-corrected chi connectivity index (χ0v) is 22.5. The van der Waals surface area contributed by atoms with Gasteiger partial charge in [0.05, 0.1) is 18.4 Å². The Balaban J connectivity index is 0.00000149. The lowest BCUT2D eigenvalue weighted by Crippen LogP contribution is -2.36. The van der Waals surface area contributed by atoms with Gasteiger partial charge in [-0.05, 0) is 62.8 Å². The largest absolute Gasteiger partial charge is 0.496 e. The van der Waals surface area contributed by atoms with Crippen molar-refractivity contribution in [1.82, 2.24) is 9.88 Å². The summed E-state index contributed by atoms with van der Waals surface area (Å²) in [6, 6.07) is 8.50. The van der Waals surface area contributed by atoms with Gasteiger partial charge in [-0.25, -0.2) is 0 Å². The van der Waals surface area contributed by atoms with Crippen LogP contribution in [-0.4, -0.2) is 23.6 Å². The molecule has 2 fully saturated rings. The summed E-state index contributed by atoms with van der Waals surface area (Å²) in [6.45, 7) is 7.07. The van der Waals surface area contributed by atoms with E-state index in [2.05, 4.69) is 44.9 Å². The van der Waals surface area contributed by atoms with E-state index in [9.17, 15) is 4.79 Å². The van der Waals surface area contributed by atoms with E-state index in [1.165, 1.54) is 51.4 Å². The van der Waals surface area contributed by atoms with E-state index >= 15 is 0 Å². The van der Waals surface area contributed by atoms with Crippen molar-refractivity contribution in [3.8, 4) is 17.0 Å². The minimum Gasteiger partial charge on any atom is -0.496 e. The van der Waals surface area contributed by atoms with E-state index in [4.69, 9.17) is 4.74 Å². The van der Waals surface area contributed by atoms with Crippen molar-refractivity contribution in [2.75, 3.05) is 7.11 Å². The van der Waals surface area contributed by atoms with Gasteiger partial charge in [0, 0.05) is 28.3 Å². The molecule has 2 aliphatic rings. The first-order valence-corrected chi connectivity index (χ1v) is 13.7. The third-order valence-electron chi connectivity index (χ3n) is 7.15. The Morgan fingerprint density at radius 3 is 2.30 bits per heavy atom. The number of methoxy groups -OCH3 is 1. The van der Waals surface area contributed by atoms with Gasteiger partial charge in [0.15, 0.2) is 0 Å². The summed E-state index contributed by atoms with van der Waals surface area (Å²) in [4.78, 5) is 13.3. The molecule has 0 unspecified atom stereocenters. The number of hydrogen-bond acceptors (Lipinski definition) is 2. The van der Waals surface area contributed by atoms with Crippen LogP contribution in [0.2, 0.25) is 0 Å². The van der Waals surface area contributed by atoms with Crippen LogP contribution < -0.4 is 10.1 Å². The van der Waals surface area contributed by atoms with Crippen LogP contribution in [0.15, 0.2) is 28.7 Å². The number of carbonyl (C=O) groups excluding carboxylic acids is 1. The predicted octanol–water partition coefficient (Wildman–Crippen LogP) is 7.90. The van der Waals surface area contributed by atoms with Crippen LogP contribution in [0.1, 0.15) is 94.1 Å². The molecule has 5 heteroatoms. The van der Waals surface area contributed by atoms with Gasteiger partial charge >= 0.3 is 0 Å². The number of ether oxygens (including phenoxy) is 1. The molecule has 0 atom stereocenters. The lowest BCUT2D eigenvalue weighted by Gasteiger charge is -2.25. The maximum atomic E-state index is 13.3. The maximum absolute atomic E-state index is 13.3. The van der Waals surface area contributed by atoms with Gasteiger partial charge in [0.1, 0.15) is 5.75 Å². The Hall–Kier alpha value is -1.75. The molecule has 0 radical (unpaired) electrons. The van der Waals surface area contributed by atoms with E-state index in [0.29, 0.717) is 12.0 Å². The fourth-order valence-electron chi connectivity index (χ4n) is 5.35. The first-order valence-electron chi connectivity index (χ1n) is 12.9. The molecule has 4 nitrogen and oxygen atoms in total.